The number of amides is 1. The van der Waals surface area contributed by atoms with Crippen LogP contribution in [0.2, 0.25) is 0 Å². The lowest BCUT2D eigenvalue weighted by molar-refractivity contribution is -0.139. The number of thioether (sulfide) groups is 1. The number of hydrogen-bond donors (Lipinski definition) is 2. The molecule has 0 aliphatic carbocycles. The first-order chi connectivity index (χ1) is 11.2. The first-order valence-electron chi connectivity index (χ1n) is 6.74. The van der Waals surface area contributed by atoms with E-state index in [-0.39, 0.29) is 23.8 Å². The maximum Gasteiger partial charge on any atom is 0.305 e. The number of carbonyl (C=O) groups excluding carboxylic acids is 1. The summed E-state index contributed by atoms with van der Waals surface area (Å²) in [5, 5.41) is 13.5. The van der Waals surface area contributed by atoms with Crippen molar-refractivity contribution >= 4 is 44.5 Å². The molecule has 10 heteroatoms. The lowest BCUT2D eigenvalue weighted by Crippen LogP contribution is -2.32. The summed E-state index contributed by atoms with van der Waals surface area (Å²) in [5.41, 5.74) is 0.419. The van der Waals surface area contributed by atoms with Crippen molar-refractivity contribution in [1.82, 2.24) is 4.90 Å². The lowest BCUT2D eigenvalue weighted by Gasteiger charge is -2.13. The second-order valence-electron chi connectivity index (χ2n) is 4.88. The zero-order valence-electron chi connectivity index (χ0n) is 12.5. The third-order valence-corrected chi connectivity index (χ3v) is 5.19. The molecular formula is C14H15N3O5S2. The Hall–Kier alpha value is -2.17. The molecule has 1 fully saturated rings. The van der Waals surface area contributed by atoms with Crippen LogP contribution in [0.3, 0.4) is 0 Å². The maximum absolute atomic E-state index is 12.2. The Morgan fingerprint density at radius 3 is 2.54 bits per heavy atom. The minimum Gasteiger partial charge on any atom is -0.481 e. The van der Waals surface area contributed by atoms with Crippen LogP contribution in [0.1, 0.15) is 6.42 Å². The fourth-order valence-corrected chi connectivity index (χ4v) is 3.68. The zero-order chi connectivity index (χ0) is 17.9. The van der Waals surface area contributed by atoms with E-state index in [0.717, 1.165) is 11.8 Å². The first kappa shape index (κ1) is 18.2. The van der Waals surface area contributed by atoms with E-state index in [9.17, 15) is 18.0 Å². The van der Waals surface area contributed by atoms with E-state index in [2.05, 4.69) is 11.6 Å². The quantitative estimate of drug-likeness (QED) is 0.717. The van der Waals surface area contributed by atoms with E-state index in [0.29, 0.717) is 10.9 Å². The number of benzene rings is 1. The zero-order valence-corrected chi connectivity index (χ0v) is 14.1. The summed E-state index contributed by atoms with van der Waals surface area (Å²) in [7, 11) is -3.79. The SMILES string of the molecule is C=CCN1C(=O)[C@H](CC(=O)O)SC1=Nc1ccc(S(N)(=O)=O)cc1. The van der Waals surface area contributed by atoms with Crippen LogP contribution in [0.5, 0.6) is 0 Å². The molecule has 24 heavy (non-hydrogen) atoms. The molecule has 1 aliphatic heterocycles. The molecule has 3 N–H and O–H groups in total. The summed E-state index contributed by atoms with van der Waals surface area (Å²) in [5.74, 6) is -1.42. The van der Waals surface area contributed by atoms with Crippen molar-refractivity contribution in [3.05, 3.63) is 36.9 Å². The predicted octanol–water partition coefficient (Wildman–Crippen LogP) is 0.926. The first-order valence-corrected chi connectivity index (χ1v) is 9.17. The van der Waals surface area contributed by atoms with Gasteiger partial charge < -0.3 is 5.11 Å². The fourth-order valence-electron chi connectivity index (χ4n) is 2.00. The van der Waals surface area contributed by atoms with Gasteiger partial charge in [-0.3, -0.25) is 14.5 Å². The molecule has 128 valence electrons. The van der Waals surface area contributed by atoms with E-state index < -0.39 is 21.2 Å². The number of nitrogens with two attached hydrogens (primary N) is 1. The number of rotatable bonds is 6. The van der Waals surface area contributed by atoms with Crippen LogP contribution < -0.4 is 5.14 Å². The molecule has 1 saturated heterocycles. The molecular weight excluding hydrogens is 354 g/mol. The summed E-state index contributed by atoms with van der Waals surface area (Å²) in [6.07, 6.45) is 1.21. The van der Waals surface area contributed by atoms with Gasteiger partial charge in [-0.1, -0.05) is 17.8 Å². The number of carbonyl (C=O) groups is 2. The highest BCUT2D eigenvalue weighted by Crippen LogP contribution is 2.31. The molecule has 1 atom stereocenters. The minimum absolute atomic E-state index is 0.0479. The van der Waals surface area contributed by atoms with E-state index in [4.69, 9.17) is 10.2 Å². The molecule has 1 aromatic rings. The highest BCUT2D eigenvalue weighted by Gasteiger charge is 2.38. The normalized spacial score (nSPS) is 19.7. The van der Waals surface area contributed by atoms with Crippen molar-refractivity contribution in [3.63, 3.8) is 0 Å². The van der Waals surface area contributed by atoms with E-state index in [1.54, 1.807) is 0 Å². The molecule has 1 amide bonds. The number of aliphatic carboxylic acids is 1. The average molecular weight is 369 g/mol. The number of carboxylic acids is 1. The summed E-state index contributed by atoms with van der Waals surface area (Å²) >= 11 is 1.05. The van der Waals surface area contributed by atoms with Crippen LogP contribution in [0.25, 0.3) is 0 Å². The molecule has 0 spiro atoms. The highest BCUT2D eigenvalue weighted by molar-refractivity contribution is 8.15. The number of primary sulfonamides is 1. The third kappa shape index (κ3) is 4.22. The van der Waals surface area contributed by atoms with Gasteiger partial charge in [-0.2, -0.15) is 0 Å². The molecule has 0 bridgehead atoms. The Morgan fingerprint density at radius 1 is 1.42 bits per heavy atom. The van der Waals surface area contributed by atoms with Crippen LogP contribution in [-0.2, 0) is 19.6 Å². The van der Waals surface area contributed by atoms with Gasteiger partial charge in [-0.05, 0) is 24.3 Å². The average Bonchev–Trinajstić information content (AvgIpc) is 2.75. The molecule has 1 aliphatic rings. The molecule has 0 radical (unpaired) electrons. The third-order valence-electron chi connectivity index (χ3n) is 3.08. The standard InChI is InChI=1S/C14H15N3O5S2/c1-2-7-17-13(20)11(8-12(18)19)23-14(17)16-9-3-5-10(6-4-9)24(15,21)22/h2-6,11H,1,7-8H2,(H,18,19)(H2,15,21,22)/t11-/m0/s1. The maximum atomic E-state index is 12.2. The number of carboxylic acid groups (broad SMARTS) is 1. The number of sulfonamides is 1. The van der Waals surface area contributed by atoms with Crippen LogP contribution in [0, 0.1) is 0 Å². The lowest BCUT2D eigenvalue weighted by atomic mass is 10.2. The molecule has 1 aromatic carbocycles. The topological polar surface area (TPSA) is 130 Å². The van der Waals surface area contributed by atoms with Gasteiger partial charge in [0.25, 0.3) is 0 Å². The summed E-state index contributed by atoms with van der Waals surface area (Å²) < 4.78 is 22.5. The fraction of sp³-hybridized carbons (Fsp3) is 0.214. The van der Waals surface area contributed by atoms with Gasteiger partial charge >= 0.3 is 5.97 Å². The van der Waals surface area contributed by atoms with E-state index in [1.165, 1.54) is 35.2 Å². The van der Waals surface area contributed by atoms with Crippen LogP contribution in [-0.4, -0.2) is 47.3 Å². The van der Waals surface area contributed by atoms with Crippen LogP contribution in [0.15, 0.2) is 46.8 Å². The van der Waals surface area contributed by atoms with Crippen molar-refractivity contribution in [2.45, 2.75) is 16.6 Å². The predicted molar refractivity (Wildman–Crippen MR) is 90.5 cm³/mol. The van der Waals surface area contributed by atoms with Gasteiger partial charge in [-0.15, -0.1) is 6.58 Å². The summed E-state index contributed by atoms with van der Waals surface area (Å²) in [6.45, 7) is 3.77. The molecule has 8 nitrogen and oxygen atoms in total. The van der Waals surface area contributed by atoms with E-state index in [1.807, 2.05) is 0 Å². The second-order valence-corrected chi connectivity index (χ2v) is 7.61. The molecule has 1 heterocycles. The van der Waals surface area contributed by atoms with Crippen LogP contribution in [0.4, 0.5) is 5.69 Å². The Labute approximate surface area is 143 Å². The van der Waals surface area contributed by atoms with Gasteiger partial charge in [0.15, 0.2) is 5.17 Å². The van der Waals surface area contributed by atoms with Gasteiger partial charge in [0.2, 0.25) is 15.9 Å². The minimum atomic E-state index is -3.79. The molecule has 0 unspecified atom stereocenters. The monoisotopic (exact) mass is 369 g/mol. The number of amidine groups is 1. The molecule has 0 saturated carbocycles. The van der Waals surface area contributed by atoms with Gasteiger partial charge in [0.1, 0.15) is 5.25 Å². The summed E-state index contributed by atoms with van der Waals surface area (Å²) in [6, 6.07) is 5.52. The van der Waals surface area contributed by atoms with Crippen molar-refractivity contribution in [2.75, 3.05) is 6.54 Å². The Balaban J connectivity index is 2.30. The number of hydrogen-bond acceptors (Lipinski definition) is 6. The molecule has 2 rings (SSSR count). The second kappa shape index (κ2) is 7.16. The van der Waals surface area contributed by atoms with E-state index >= 15 is 0 Å². The van der Waals surface area contributed by atoms with Crippen molar-refractivity contribution in [2.24, 2.45) is 10.1 Å². The summed E-state index contributed by atoms with van der Waals surface area (Å²) in [4.78, 5) is 28.7. The number of aliphatic imine (C=N–C) groups is 1. The smallest absolute Gasteiger partial charge is 0.305 e. The molecule has 0 aromatic heterocycles. The van der Waals surface area contributed by atoms with Crippen molar-refractivity contribution < 1.29 is 23.1 Å². The largest absolute Gasteiger partial charge is 0.481 e. The van der Waals surface area contributed by atoms with Gasteiger partial charge in [-0.25, -0.2) is 18.5 Å². The highest BCUT2D eigenvalue weighted by atomic mass is 32.2. The van der Waals surface area contributed by atoms with Crippen molar-refractivity contribution in [1.29, 1.82) is 0 Å². The van der Waals surface area contributed by atoms with Gasteiger partial charge in [0, 0.05) is 6.54 Å². The van der Waals surface area contributed by atoms with Crippen molar-refractivity contribution in [3.8, 4) is 0 Å². The number of nitrogens with zero attached hydrogens (tertiary/aromatic N) is 2. The Morgan fingerprint density at radius 2 is 2.04 bits per heavy atom. The Bertz CT molecular complexity index is 802. The van der Waals surface area contributed by atoms with Crippen LogP contribution >= 0.6 is 11.8 Å². The van der Waals surface area contributed by atoms with Gasteiger partial charge in [0.05, 0.1) is 17.0 Å². The Kier molecular flexibility index (Phi) is 5.42.